The first-order chi connectivity index (χ1) is 11.1. The zero-order chi connectivity index (χ0) is 16.4. The Balaban J connectivity index is 1.75. The number of furan rings is 1. The normalized spacial score (nSPS) is 15.9. The van der Waals surface area contributed by atoms with Gasteiger partial charge in [0.2, 0.25) is 0 Å². The number of carbonyl (C=O) groups excluding carboxylic acids is 1. The molecule has 0 unspecified atom stereocenters. The molecule has 124 valence electrons. The van der Waals surface area contributed by atoms with Gasteiger partial charge in [-0.25, -0.2) is 4.79 Å². The summed E-state index contributed by atoms with van der Waals surface area (Å²) in [6.07, 6.45) is 1.55. The predicted molar refractivity (Wildman–Crippen MR) is 91.0 cm³/mol. The summed E-state index contributed by atoms with van der Waals surface area (Å²) in [7, 11) is 1.65. The summed E-state index contributed by atoms with van der Waals surface area (Å²) < 4.78 is 17.3. The lowest BCUT2D eigenvalue weighted by Crippen LogP contribution is -2.38. The maximum Gasteiger partial charge on any atom is 0.409 e. The van der Waals surface area contributed by atoms with Gasteiger partial charge in [-0.1, -0.05) is 0 Å². The van der Waals surface area contributed by atoms with Crippen LogP contribution in [0.2, 0.25) is 0 Å². The summed E-state index contributed by atoms with van der Waals surface area (Å²) in [4.78, 5) is 13.5. The van der Waals surface area contributed by atoms with Crippen molar-refractivity contribution in [2.24, 2.45) is 0 Å². The molecular weight excluding hydrogens is 362 g/mol. The number of fused-ring (bicyclic) bond motifs is 1. The van der Waals surface area contributed by atoms with Crippen molar-refractivity contribution in [3.05, 3.63) is 28.4 Å². The standard InChI is InChI=1S/C17H20BrNO4/c1-3-22-17(20)19-6-4-11(5-7-19)15-9-12-8-13(21-2)10-14(18)16(12)23-15/h8-11H,3-7H2,1-2H3. The lowest BCUT2D eigenvalue weighted by molar-refractivity contribution is 0.0959. The first kappa shape index (κ1) is 16.2. The molecule has 1 aromatic heterocycles. The summed E-state index contributed by atoms with van der Waals surface area (Å²) >= 11 is 3.53. The number of hydrogen-bond acceptors (Lipinski definition) is 4. The first-order valence-corrected chi connectivity index (χ1v) is 8.60. The van der Waals surface area contributed by atoms with Crippen molar-refractivity contribution in [2.45, 2.75) is 25.7 Å². The molecule has 3 rings (SSSR count). The molecule has 0 bridgehead atoms. The second-order valence-corrected chi connectivity index (χ2v) is 6.49. The first-order valence-electron chi connectivity index (χ1n) is 7.81. The summed E-state index contributed by atoms with van der Waals surface area (Å²) in [5, 5.41) is 1.03. The number of hydrogen-bond donors (Lipinski definition) is 0. The third kappa shape index (κ3) is 3.32. The fourth-order valence-corrected chi connectivity index (χ4v) is 3.52. The minimum Gasteiger partial charge on any atom is -0.497 e. The summed E-state index contributed by atoms with van der Waals surface area (Å²) in [5.74, 6) is 2.09. The van der Waals surface area contributed by atoms with Crippen LogP contribution in [0.5, 0.6) is 5.75 Å². The van der Waals surface area contributed by atoms with Crippen LogP contribution in [-0.4, -0.2) is 37.8 Å². The van der Waals surface area contributed by atoms with Gasteiger partial charge in [-0.3, -0.25) is 0 Å². The van der Waals surface area contributed by atoms with E-state index in [-0.39, 0.29) is 6.09 Å². The van der Waals surface area contributed by atoms with E-state index in [9.17, 15) is 4.79 Å². The van der Waals surface area contributed by atoms with Gasteiger partial charge in [-0.05, 0) is 53.9 Å². The average Bonchev–Trinajstić information content (AvgIpc) is 3.00. The number of likely N-dealkylation sites (tertiary alicyclic amines) is 1. The van der Waals surface area contributed by atoms with Crippen molar-refractivity contribution in [1.29, 1.82) is 0 Å². The summed E-state index contributed by atoms with van der Waals surface area (Å²) in [5.41, 5.74) is 0.841. The number of piperidine rings is 1. The second kappa shape index (κ2) is 6.83. The van der Waals surface area contributed by atoms with Gasteiger partial charge in [-0.15, -0.1) is 0 Å². The van der Waals surface area contributed by atoms with Crippen LogP contribution in [-0.2, 0) is 4.74 Å². The van der Waals surface area contributed by atoms with Crippen molar-refractivity contribution >= 4 is 33.0 Å². The van der Waals surface area contributed by atoms with E-state index in [1.807, 2.05) is 19.1 Å². The van der Waals surface area contributed by atoms with E-state index in [2.05, 4.69) is 22.0 Å². The second-order valence-electron chi connectivity index (χ2n) is 5.64. The van der Waals surface area contributed by atoms with Gasteiger partial charge >= 0.3 is 6.09 Å². The Labute approximate surface area is 143 Å². The lowest BCUT2D eigenvalue weighted by atomic mass is 9.94. The van der Waals surface area contributed by atoms with Crippen molar-refractivity contribution in [1.82, 2.24) is 4.90 Å². The fraction of sp³-hybridized carbons (Fsp3) is 0.471. The van der Waals surface area contributed by atoms with Crippen molar-refractivity contribution in [3.8, 4) is 5.75 Å². The number of carbonyl (C=O) groups is 1. The Morgan fingerprint density at radius 1 is 1.35 bits per heavy atom. The monoisotopic (exact) mass is 381 g/mol. The quantitative estimate of drug-likeness (QED) is 0.782. The molecule has 0 atom stereocenters. The third-order valence-electron chi connectivity index (χ3n) is 4.22. The molecule has 1 aliphatic rings. The number of halogens is 1. The van der Waals surface area contributed by atoms with Gasteiger partial charge in [0.05, 0.1) is 18.2 Å². The number of nitrogens with zero attached hydrogens (tertiary/aromatic N) is 1. The van der Waals surface area contributed by atoms with E-state index in [0.717, 1.165) is 39.8 Å². The van der Waals surface area contributed by atoms with Crippen LogP contribution in [0.15, 0.2) is 27.1 Å². The van der Waals surface area contributed by atoms with Gasteiger partial charge in [0.1, 0.15) is 17.1 Å². The third-order valence-corrected chi connectivity index (χ3v) is 4.81. The Morgan fingerprint density at radius 3 is 2.74 bits per heavy atom. The maximum absolute atomic E-state index is 11.8. The highest BCUT2D eigenvalue weighted by Gasteiger charge is 2.27. The molecule has 1 amide bonds. The van der Waals surface area contributed by atoms with Crippen LogP contribution < -0.4 is 4.74 Å². The Hall–Kier alpha value is -1.69. The van der Waals surface area contributed by atoms with E-state index >= 15 is 0 Å². The van der Waals surface area contributed by atoms with E-state index in [1.165, 1.54) is 0 Å². The SMILES string of the molecule is CCOC(=O)N1CCC(c2cc3cc(OC)cc(Br)c3o2)CC1. The molecule has 0 radical (unpaired) electrons. The molecule has 23 heavy (non-hydrogen) atoms. The van der Waals surface area contributed by atoms with Crippen LogP contribution >= 0.6 is 15.9 Å². The smallest absolute Gasteiger partial charge is 0.409 e. The molecule has 1 fully saturated rings. The van der Waals surface area contributed by atoms with Crippen molar-refractivity contribution in [3.63, 3.8) is 0 Å². The highest BCUT2D eigenvalue weighted by atomic mass is 79.9. The molecule has 0 saturated carbocycles. The molecule has 2 aromatic rings. The van der Waals surface area contributed by atoms with E-state index in [0.29, 0.717) is 25.6 Å². The number of rotatable bonds is 3. The van der Waals surface area contributed by atoms with Gasteiger partial charge < -0.3 is 18.8 Å². The molecular formula is C17H20BrNO4. The molecule has 2 heterocycles. The molecule has 1 aromatic carbocycles. The number of amides is 1. The largest absolute Gasteiger partial charge is 0.497 e. The molecule has 1 saturated heterocycles. The zero-order valence-corrected chi connectivity index (χ0v) is 14.9. The van der Waals surface area contributed by atoms with Crippen LogP contribution in [0, 0.1) is 0 Å². The fourth-order valence-electron chi connectivity index (χ4n) is 2.98. The van der Waals surface area contributed by atoms with Gasteiger partial charge in [0.25, 0.3) is 0 Å². The lowest BCUT2D eigenvalue weighted by Gasteiger charge is -2.30. The van der Waals surface area contributed by atoms with E-state index < -0.39 is 0 Å². The summed E-state index contributed by atoms with van der Waals surface area (Å²) in [6, 6.07) is 5.95. The number of benzene rings is 1. The van der Waals surface area contributed by atoms with Crippen LogP contribution in [0.1, 0.15) is 31.4 Å². The van der Waals surface area contributed by atoms with Crippen molar-refractivity contribution < 1.29 is 18.7 Å². The Bertz CT molecular complexity index is 704. The highest BCUT2D eigenvalue weighted by molar-refractivity contribution is 9.10. The molecule has 1 aliphatic heterocycles. The van der Waals surface area contributed by atoms with E-state index in [1.54, 1.807) is 12.0 Å². The zero-order valence-electron chi connectivity index (χ0n) is 13.3. The maximum atomic E-state index is 11.8. The number of methoxy groups -OCH3 is 1. The summed E-state index contributed by atoms with van der Waals surface area (Å²) in [6.45, 7) is 3.64. The average molecular weight is 382 g/mol. The topological polar surface area (TPSA) is 51.9 Å². The predicted octanol–water partition coefficient (Wildman–Crippen LogP) is 4.54. The van der Waals surface area contributed by atoms with Gasteiger partial charge in [0.15, 0.2) is 0 Å². The molecule has 5 nitrogen and oxygen atoms in total. The van der Waals surface area contributed by atoms with Crippen LogP contribution in [0.25, 0.3) is 11.0 Å². The Morgan fingerprint density at radius 2 is 2.09 bits per heavy atom. The van der Waals surface area contributed by atoms with Gasteiger partial charge in [-0.2, -0.15) is 0 Å². The van der Waals surface area contributed by atoms with Crippen molar-refractivity contribution in [2.75, 3.05) is 26.8 Å². The van der Waals surface area contributed by atoms with Crippen LogP contribution in [0.3, 0.4) is 0 Å². The van der Waals surface area contributed by atoms with Crippen LogP contribution in [0.4, 0.5) is 4.79 Å². The molecule has 0 spiro atoms. The molecule has 0 aliphatic carbocycles. The minimum atomic E-state index is -0.219. The molecule has 6 heteroatoms. The highest BCUT2D eigenvalue weighted by Crippen LogP contribution is 2.37. The minimum absolute atomic E-state index is 0.219. The number of ether oxygens (including phenoxy) is 2. The Kier molecular flexibility index (Phi) is 4.80. The molecule has 0 N–H and O–H groups in total. The van der Waals surface area contributed by atoms with Gasteiger partial charge in [0, 0.05) is 24.4 Å². The van der Waals surface area contributed by atoms with E-state index in [4.69, 9.17) is 13.9 Å².